The molecule has 1 amide bonds. The molecule has 2 aromatic rings. The van der Waals surface area contributed by atoms with E-state index in [1.165, 1.54) is 30.5 Å². The van der Waals surface area contributed by atoms with E-state index in [-0.39, 0.29) is 11.1 Å². The Bertz CT molecular complexity index is 883. The number of nitriles is 1. The molecule has 0 spiro atoms. The standard InChI is InChI=1S/C20H19N3O4/c1-27-18-5-3-2-4-14(18)10-11-22-13-16(12-21)19(24)23-17-8-6-15(7-9-17)20(25)26/h2-9,13,22H,10-11H2,1H3,(H,23,24)(H,25,26)/b16-13-. The number of para-hydroxylation sites is 1. The van der Waals surface area contributed by atoms with E-state index < -0.39 is 11.9 Å². The van der Waals surface area contributed by atoms with Crippen molar-refractivity contribution in [1.29, 1.82) is 5.26 Å². The van der Waals surface area contributed by atoms with Crippen molar-refractivity contribution < 1.29 is 19.4 Å². The number of carboxylic acids is 1. The average molecular weight is 365 g/mol. The van der Waals surface area contributed by atoms with Crippen LogP contribution in [0.3, 0.4) is 0 Å². The van der Waals surface area contributed by atoms with Gasteiger partial charge in [0.2, 0.25) is 0 Å². The second-order valence-corrected chi connectivity index (χ2v) is 5.52. The van der Waals surface area contributed by atoms with E-state index in [2.05, 4.69) is 10.6 Å². The number of carbonyl (C=O) groups excluding carboxylic acids is 1. The molecule has 0 heterocycles. The van der Waals surface area contributed by atoms with Crippen LogP contribution < -0.4 is 15.4 Å². The Morgan fingerprint density at radius 3 is 2.52 bits per heavy atom. The molecule has 0 saturated heterocycles. The number of carbonyl (C=O) groups is 2. The van der Waals surface area contributed by atoms with Crippen LogP contribution in [0.25, 0.3) is 0 Å². The van der Waals surface area contributed by atoms with Crippen molar-refractivity contribution in [2.75, 3.05) is 19.0 Å². The monoisotopic (exact) mass is 365 g/mol. The van der Waals surface area contributed by atoms with Crippen LogP contribution in [0.1, 0.15) is 15.9 Å². The minimum absolute atomic E-state index is 0.0858. The summed E-state index contributed by atoms with van der Waals surface area (Å²) >= 11 is 0. The van der Waals surface area contributed by atoms with Crippen molar-refractivity contribution in [3.05, 3.63) is 71.4 Å². The number of methoxy groups -OCH3 is 1. The highest BCUT2D eigenvalue weighted by Crippen LogP contribution is 2.17. The third-order valence-corrected chi connectivity index (χ3v) is 3.73. The topological polar surface area (TPSA) is 111 Å². The van der Waals surface area contributed by atoms with Crippen LogP contribution in [0.5, 0.6) is 5.75 Å². The fraction of sp³-hybridized carbons (Fsp3) is 0.150. The molecule has 0 unspecified atom stereocenters. The van der Waals surface area contributed by atoms with Crippen LogP contribution in [0.4, 0.5) is 5.69 Å². The molecule has 2 rings (SSSR count). The Kier molecular flexibility index (Phi) is 6.97. The number of hydrogen-bond donors (Lipinski definition) is 3. The summed E-state index contributed by atoms with van der Waals surface area (Å²) in [6, 6.07) is 15.1. The van der Waals surface area contributed by atoms with Crippen LogP contribution in [0.15, 0.2) is 60.3 Å². The number of aromatic carboxylic acids is 1. The smallest absolute Gasteiger partial charge is 0.335 e. The van der Waals surface area contributed by atoms with Gasteiger partial charge in [0.25, 0.3) is 5.91 Å². The maximum Gasteiger partial charge on any atom is 0.335 e. The van der Waals surface area contributed by atoms with Crippen molar-refractivity contribution >= 4 is 17.6 Å². The molecule has 3 N–H and O–H groups in total. The molecule has 0 aliphatic rings. The number of nitrogens with one attached hydrogen (secondary N) is 2. The number of hydrogen-bond acceptors (Lipinski definition) is 5. The number of nitrogens with zero attached hydrogens (tertiary/aromatic N) is 1. The summed E-state index contributed by atoms with van der Waals surface area (Å²) in [6.07, 6.45) is 2.02. The molecule has 0 aromatic heterocycles. The van der Waals surface area contributed by atoms with Gasteiger partial charge in [0.15, 0.2) is 0 Å². The minimum atomic E-state index is -1.05. The van der Waals surface area contributed by atoms with Crippen molar-refractivity contribution in [2.45, 2.75) is 6.42 Å². The molecule has 0 atom stereocenters. The SMILES string of the molecule is COc1ccccc1CCN/C=C(/C#N)C(=O)Nc1ccc(C(=O)O)cc1. The number of benzene rings is 2. The number of amides is 1. The van der Waals surface area contributed by atoms with E-state index in [4.69, 9.17) is 9.84 Å². The normalized spacial score (nSPS) is 10.6. The van der Waals surface area contributed by atoms with Crippen molar-refractivity contribution in [3.8, 4) is 11.8 Å². The third-order valence-electron chi connectivity index (χ3n) is 3.73. The van der Waals surface area contributed by atoms with E-state index in [1.54, 1.807) is 7.11 Å². The van der Waals surface area contributed by atoms with Crippen LogP contribution in [-0.4, -0.2) is 30.6 Å². The quantitative estimate of drug-likeness (QED) is 0.377. The second-order valence-electron chi connectivity index (χ2n) is 5.52. The van der Waals surface area contributed by atoms with Crippen LogP contribution in [-0.2, 0) is 11.2 Å². The Labute approximate surface area is 156 Å². The van der Waals surface area contributed by atoms with Gasteiger partial charge in [-0.15, -0.1) is 0 Å². The third kappa shape index (κ3) is 5.61. The Hall–Kier alpha value is -3.79. The van der Waals surface area contributed by atoms with Gasteiger partial charge in [-0.2, -0.15) is 5.26 Å². The fourth-order valence-corrected chi connectivity index (χ4v) is 2.33. The highest BCUT2D eigenvalue weighted by atomic mass is 16.5. The highest BCUT2D eigenvalue weighted by Gasteiger charge is 2.10. The predicted octanol–water partition coefficient (Wildman–Crippen LogP) is 2.57. The Balaban J connectivity index is 1.92. The molecule has 7 heteroatoms. The molecule has 27 heavy (non-hydrogen) atoms. The summed E-state index contributed by atoms with van der Waals surface area (Å²) < 4.78 is 5.28. The molecule has 138 valence electrons. The van der Waals surface area contributed by atoms with Crippen LogP contribution >= 0.6 is 0 Å². The van der Waals surface area contributed by atoms with E-state index in [9.17, 15) is 14.9 Å². The predicted molar refractivity (Wildman–Crippen MR) is 100 cm³/mol. The molecule has 0 aliphatic heterocycles. The van der Waals surface area contributed by atoms with Gasteiger partial charge in [0, 0.05) is 18.4 Å². The second kappa shape index (κ2) is 9.63. The fourth-order valence-electron chi connectivity index (χ4n) is 2.33. The zero-order valence-electron chi connectivity index (χ0n) is 14.7. The van der Waals surface area contributed by atoms with Crippen LogP contribution in [0, 0.1) is 11.3 Å². The van der Waals surface area contributed by atoms with Crippen LogP contribution in [0.2, 0.25) is 0 Å². The maximum absolute atomic E-state index is 12.1. The first-order valence-corrected chi connectivity index (χ1v) is 8.15. The Morgan fingerprint density at radius 2 is 1.89 bits per heavy atom. The summed E-state index contributed by atoms with van der Waals surface area (Å²) in [4.78, 5) is 23.0. The minimum Gasteiger partial charge on any atom is -0.496 e. The number of carboxylic acid groups (broad SMARTS) is 1. The number of ether oxygens (including phenoxy) is 1. The van der Waals surface area contributed by atoms with Gasteiger partial charge < -0.3 is 20.5 Å². The van der Waals surface area contributed by atoms with Gasteiger partial charge >= 0.3 is 5.97 Å². The first kappa shape index (κ1) is 19.5. The zero-order chi connectivity index (χ0) is 19.6. The Morgan fingerprint density at radius 1 is 1.19 bits per heavy atom. The van der Waals surface area contributed by atoms with Gasteiger partial charge in [0.05, 0.1) is 12.7 Å². The lowest BCUT2D eigenvalue weighted by atomic mass is 10.1. The molecule has 0 fully saturated rings. The summed E-state index contributed by atoms with van der Waals surface area (Å²) in [5.41, 5.74) is 1.45. The lowest BCUT2D eigenvalue weighted by molar-refractivity contribution is -0.112. The van der Waals surface area contributed by atoms with Crippen molar-refractivity contribution in [3.63, 3.8) is 0 Å². The van der Waals surface area contributed by atoms with E-state index >= 15 is 0 Å². The lowest BCUT2D eigenvalue weighted by Gasteiger charge is -2.08. The average Bonchev–Trinajstić information content (AvgIpc) is 2.68. The zero-order valence-corrected chi connectivity index (χ0v) is 14.7. The lowest BCUT2D eigenvalue weighted by Crippen LogP contribution is -2.18. The van der Waals surface area contributed by atoms with Gasteiger partial charge in [-0.25, -0.2) is 4.79 Å². The molecule has 2 aromatic carbocycles. The molecule has 0 saturated carbocycles. The molecule has 0 bridgehead atoms. The molecular weight excluding hydrogens is 346 g/mol. The molecule has 0 aliphatic carbocycles. The first-order chi connectivity index (χ1) is 13.0. The van der Waals surface area contributed by atoms with Gasteiger partial charge in [-0.05, 0) is 42.3 Å². The van der Waals surface area contributed by atoms with E-state index in [0.29, 0.717) is 18.7 Å². The van der Waals surface area contributed by atoms with Gasteiger partial charge in [-0.3, -0.25) is 4.79 Å². The summed E-state index contributed by atoms with van der Waals surface area (Å²) in [7, 11) is 1.60. The summed E-state index contributed by atoms with van der Waals surface area (Å²) in [5.74, 6) is -0.846. The van der Waals surface area contributed by atoms with Crippen molar-refractivity contribution in [1.82, 2.24) is 5.32 Å². The maximum atomic E-state index is 12.1. The number of rotatable bonds is 8. The molecule has 7 nitrogen and oxygen atoms in total. The van der Waals surface area contributed by atoms with Gasteiger partial charge in [-0.1, -0.05) is 18.2 Å². The summed E-state index contributed by atoms with van der Waals surface area (Å²) in [6.45, 7) is 0.520. The summed E-state index contributed by atoms with van der Waals surface area (Å²) in [5, 5.41) is 23.5. The molecular formula is C20H19N3O4. The largest absolute Gasteiger partial charge is 0.496 e. The molecule has 0 radical (unpaired) electrons. The number of anilines is 1. The van der Waals surface area contributed by atoms with Crippen molar-refractivity contribution in [2.24, 2.45) is 0 Å². The van der Waals surface area contributed by atoms with E-state index in [1.807, 2.05) is 30.3 Å². The van der Waals surface area contributed by atoms with Gasteiger partial charge in [0.1, 0.15) is 17.4 Å². The van der Waals surface area contributed by atoms with E-state index in [0.717, 1.165) is 11.3 Å². The highest BCUT2D eigenvalue weighted by molar-refractivity contribution is 6.06. The first-order valence-electron chi connectivity index (χ1n) is 8.15.